The summed E-state index contributed by atoms with van der Waals surface area (Å²) in [6, 6.07) is 6.97. The fourth-order valence-corrected chi connectivity index (χ4v) is 3.87. The first-order chi connectivity index (χ1) is 10.3. The minimum atomic E-state index is -0.0388. The van der Waals surface area contributed by atoms with Crippen molar-refractivity contribution in [2.45, 2.75) is 57.1 Å². The highest BCUT2D eigenvalue weighted by atomic mass is 16.5. The van der Waals surface area contributed by atoms with Gasteiger partial charge in [-0.1, -0.05) is 31.9 Å². The van der Waals surface area contributed by atoms with Crippen LogP contribution in [-0.2, 0) is 11.2 Å². The van der Waals surface area contributed by atoms with E-state index in [1.807, 2.05) is 7.11 Å². The molecule has 116 valence electrons. The number of fused-ring (bicyclic) bond motifs is 1. The molecule has 1 fully saturated rings. The van der Waals surface area contributed by atoms with E-state index in [2.05, 4.69) is 30.4 Å². The van der Waals surface area contributed by atoms with E-state index in [1.165, 1.54) is 24.0 Å². The maximum atomic E-state index is 6.04. The van der Waals surface area contributed by atoms with Gasteiger partial charge in [-0.2, -0.15) is 0 Å². The van der Waals surface area contributed by atoms with Crippen molar-refractivity contribution in [3.8, 4) is 5.75 Å². The summed E-state index contributed by atoms with van der Waals surface area (Å²) in [5.74, 6) is 1.06. The van der Waals surface area contributed by atoms with Crippen LogP contribution in [0.5, 0.6) is 5.75 Å². The zero-order valence-electron chi connectivity index (χ0n) is 13.3. The third-order valence-electron chi connectivity index (χ3n) is 5.03. The monoisotopic (exact) mass is 289 g/mol. The Morgan fingerprint density at radius 3 is 2.86 bits per heavy atom. The molecule has 1 heterocycles. The third kappa shape index (κ3) is 2.82. The fourth-order valence-electron chi connectivity index (χ4n) is 3.87. The van der Waals surface area contributed by atoms with Crippen molar-refractivity contribution in [3.63, 3.8) is 0 Å². The van der Waals surface area contributed by atoms with E-state index in [1.54, 1.807) is 0 Å². The molecule has 1 N–H and O–H groups in total. The zero-order chi connectivity index (χ0) is 14.7. The van der Waals surface area contributed by atoms with Crippen LogP contribution in [0.4, 0.5) is 0 Å². The average molecular weight is 289 g/mol. The highest BCUT2D eigenvalue weighted by Gasteiger charge is 2.42. The predicted molar refractivity (Wildman–Crippen MR) is 84.9 cm³/mol. The molecule has 1 atom stereocenters. The van der Waals surface area contributed by atoms with Gasteiger partial charge in [0.05, 0.1) is 18.2 Å². The molecular formula is C18H27NO2. The number of benzene rings is 1. The van der Waals surface area contributed by atoms with Crippen molar-refractivity contribution in [3.05, 3.63) is 29.3 Å². The van der Waals surface area contributed by atoms with Crippen molar-refractivity contribution in [1.82, 2.24) is 5.32 Å². The number of rotatable bonds is 6. The van der Waals surface area contributed by atoms with Gasteiger partial charge in [-0.15, -0.1) is 0 Å². The second-order valence-corrected chi connectivity index (χ2v) is 6.33. The lowest BCUT2D eigenvalue weighted by molar-refractivity contribution is -0.0367. The SMILES string of the molecule is CCCNC(c1ccc2c(c1)CCO2)C1(OC)CCCC1. The summed E-state index contributed by atoms with van der Waals surface area (Å²) in [6.07, 6.45) is 7.02. The Kier molecular flexibility index (Phi) is 4.51. The van der Waals surface area contributed by atoms with Crippen LogP contribution < -0.4 is 10.1 Å². The van der Waals surface area contributed by atoms with Gasteiger partial charge < -0.3 is 14.8 Å². The first kappa shape index (κ1) is 14.9. The van der Waals surface area contributed by atoms with Crippen LogP contribution in [0, 0.1) is 0 Å². The van der Waals surface area contributed by atoms with Crippen LogP contribution >= 0.6 is 0 Å². The van der Waals surface area contributed by atoms with E-state index in [0.717, 1.165) is 44.6 Å². The minimum absolute atomic E-state index is 0.0388. The normalized spacial score (nSPS) is 21.0. The van der Waals surface area contributed by atoms with Crippen molar-refractivity contribution < 1.29 is 9.47 Å². The molecule has 1 unspecified atom stereocenters. The number of methoxy groups -OCH3 is 1. The molecule has 21 heavy (non-hydrogen) atoms. The largest absolute Gasteiger partial charge is 0.493 e. The Bertz CT molecular complexity index is 480. The Balaban J connectivity index is 1.91. The lowest BCUT2D eigenvalue weighted by Gasteiger charge is -2.37. The lowest BCUT2D eigenvalue weighted by Crippen LogP contribution is -2.43. The topological polar surface area (TPSA) is 30.5 Å². The molecule has 1 aliphatic carbocycles. The van der Waals surface area contributed by atoms with E-state index < -0.39 is 0 Å². The summed E-state index contributed by atoms with van der Waals surface area (Å²) in [5.41, 5.74) is 2.67. The number of nitrogens with one attached hydrogen (secondary N) is 1. The predicted octanol–water partition coefficient (Wildman–Crippen LogP) is 3.62. The molecule has 3 rings (SSSR count). The minimum Gasteiger partial charge on any atom is -0.493 e. The molecule has 0 aromatic heterocycles. The average Bonchev–Trinajstić information content (AvgIpc) is 3.16. The number of hydrogen-bond donors (Lipinski definition) is 1. The van der Waals surface area contributed by atoms with E-state index in [9.17, 15) is 0 Å². The summed E-state index contributed by atoms with van der Waals surface area (Å²) in [7, 11) is 1.88. The van der Waals surface area contributed by atoms with Crippen LogP contribution in [0.1, 0.15) is 56.2 Å². The number of hydrogen-bond acceptors (Lipinski definition) is 3. The molecule has 3 heteroatoms. The third-order valence-corrected chi connectivity index (χ3v) is 5.03. The quantitative estimate of drug-likeness (QED) is 0.867. The molecule has 0 bridgehead atoms. The molecule has 3 nitrogen and oxygen atoms in total. The highest BCUT2D eigenvalue weighted by Crippen LogP contribution is 2.43. The molecule has 0 spiro atoms. The smallest absolute Gasteiger partial charge is 0.122 e. The fraction of sp³-hybridized carbons (Fsp3) is 0.667. The first-order valence-electron chi connectivity index (χ1n) is 8.33. The van der Waals surface area contributed by atoms with Gasteiger partial charge in [0.1, 0.15) is 5.75 Å². The lowest BCUT2D eigenvalue weighted by atomic mass is 9.85. The van der Waals surface area contributed by atoms with Crippen LogP contribution in [0.3, 0.4) is 0 Å². The van der Waals surface area contributed by atoms with Gasteiger partial charge in [0.25, 0.3) is 0 Å². The van der Waals surface area contributed by atoms with Gasteiger partial charge in [0.15, 0.2) is 0 Å². The molecule has 1 saturated carbocycles. The maximum Gasteiger partial charge on any atom is 0.122 e. The van der Waals surface area contributed by atoms with Crippen LogP contribution in [-0.4, -0.2) is 25.9 Å². The molecule has 0 amide bonds. The van der Waals surface area contributed by atoms with E-state index in [0.29, 0.717) is 0 Å². The summed E-state index contributed by atoms with van der Waals surface area (Å²) in [4.78, 5) is 0. The summed E-state index contributed by atoms with van der Waals surface area (Å²) in [5, 5.41) is 3.74. The summed E-state index contributed by atoms with van der Waals surface area (Å²) in [6.45, 7) is 4.07. The van der Waals surface area contributed by atoms with Gasteiger partial charge in [0, 0.05) is 13.5 Å². The molecule has 0 radical (unpaired) electrons. The maximum absolute atomic E-state index is 6.04. The highest BCUT2D eigenvalue weighted by molar-refractivity contribution is 5.41. The van der Waals surface area contributed by atoms with Crippen molar-refractivity contribution in [1.29, 1.82) is 0 Å². The molecular weight excluding hydrogens is 262 g/mol. The first-order valence-corrected chi connectivity index (χ1v) is 8.33. The van der Waals surface area contributed by atoms with Gasteiger partial charge in [-0.3, -0.25) is 0 Å². The van der Waals surface area contributed by atoms with Crippen LogP contribution in [0.25, 0.3) is 0 Å². The molecule has 0 saturated heterocycles. The van der Waals surface area contributed by atoms with Gasteiger partial charge in [-0.05, 0) is 43.0 Å². The Labute approximate surface area is 128 Å². The van der Waals surface area contributed by atoms with E-state index in [-0.39, 0.29) is 11.6 Å². The van der Waals surface area contributed by atoms with Crippen molar-refractivity contribution >= 4 is 0 Å². The summed E-state index contributed by atoms with van der Waals surface area (Å²) >= 11 is 0. The molecule has 2 aliphatic rings. The second-order valence-electron chi connectivity index (χ2n) is 6.33. The van der Waals surface area contributed by atoms with Gasteiger partial charge in [-0.25, -0.2) is 0 Å². The standard InChI is InChI=1S/C18H27NO2/c1-3-11-19-17(18(20-2)9-4-5-10-18)15-6-7-16-14(13-15)8-12-21-16/h6-7,13,17,19H,3-5,8-12H2,1-2H3. The van der Waals surface area contributed by atoms with Crippen LogP contribution in [0.15, 0.2) is 18.2 Å². The van der Waals surface area contributed by atoms with Crippen molar-refractivity contribution in [2.24, 2.45) is 0 Å². The summed E-state index contributed by atoms with van der Waals surface area (Å²) < 4.78 is 11.7. The zero-order valence-corrected chi connectivity index (χ0v) is 13.3. The van der Waals surface area contributed by atoms with E-state index in [4.69, 9.17) is 9.47 Å². The Hall–Kier alpha value is -1.06. The molecule has 1 aromatic carbocycles. The van der Waals surface area contributed by atoms with Crippen LogP contribution in [0.2, 0.25) is 0 Å². The molecule has 1 aliphatic heterocycles. The molecule has 1 aromatic rings. The Morgan fingerprint density at radius 1 is 1.33 bits per heavy atom. The Morgan fingerprint density at radius 2 is 2.14 bits per heavy atom. The van der Waals surface area contributed by atoms with E-state index >= 15 is 0 Å². The number of ether oxygens (including phenoxy) is 2. The second kappa shape index (κ2) is 6.37. The van der Waals surface area contributed by atoms with Crippen molar-refractivity contribution in [2.75, 3.05) is 20.3 Å². The van der Waals surface area contributed by atoms with Gasteiger partial charge >= 0.3 is 0 Å². The van der Waals surface area contributed by atoms with Gasteiger partial charge in [0.2, 0.25) is 0 Å².